The molecule has 2 aromatic rings. The van der Waals surface area contributed by atoms with Gasteiger partial charge < -0.3 is 5.32 Å². The second-order valence-corrected chi connectivity index (χ2v) is 6.23. The van der Waals surface area contributed by atoms with Gasteiger partial charge in [0.05, 0.1) is 0 Å². The second-order valence-electron chi connectivity index (χ2n) is 4.25. The van der Waals surface area contributed by atoms with E-state index in [0.29, 0.717) is 6.04 Å². The predicted octanol–water partition coefficient (Wildman–Crippen LogP) is 2.90. The molecule has 4 nitrogen and oxygen atoms in total. The lowest BCUT2D eigenvalue weighted by molar-refractivity contribution is 0.588. The molecule has 0 aliphatic rings. The minimum atomic E-state index is 0.506. The molecule has 0 unspecified atom stereocenters. The van der Waals surface area contributed by atoms with Crippen LogP contribution in [0.3, 0.4) is 0 Å². The van der Waals surface area contributed by atoms with Crippen LogP contribution in [0.4, 0.5) is 0 Å². The van der Waals surface area contributed by atoms with Crippen LogP contribution in [0.25, 0.3) is 10.6 Å². The first kappa shape index (κ1) is 13.6. The number of hydrogen-bond acceptors (Lipinski definition) is 5. The smallest absolute Gasteiger partial charge is 0.149 e. The molecular formula is C12H15BrN4S. The lowest BCUT2D eigenvalue weighted by Crippen LogP contribution is -2.24. The third-order valence-corrected chi connectivity index (χ3v) is 3.78. The van der Waals surface area contributed by atoms with Crippen molar-refractivity contribution in [2.75, 3.05) is 6.54 Å². The van der Waals surface area contributed by atoms with Gasteiger partial charge in [-0.25, -0.2) is 0 Å². The van der Waals surface area contributed by atoms with Crippen LogP contribution in [-0.2, 0) is 6.42 Å². The Bertz CT molecular complexity index is 512. The lowest BCUT2D eigenvalue weighted by atomic mass is 10.3. The van der Waals surface area contributed by atoms with Crippen molar-refractivity contribution in [3.8, 4) is 10.6 Å². The Hall–Kier alpha value is -0.850. The summed E-state index contributed by atoms with van der Waals surface area (Å²) in [5, 5.41) is 13.8. The molecule has 18 heavy (non-hydrogen) atoms. The molecule has 2 aromatic heterocycles. The van der Waals surface area contributed by atoms with Crippen molar-refractivity contribution >= 4 is 27.3 Å². The van der Waals surface area contributed by atoms with E-state index in [1.165, 1.54) is 0 Å². The Morgan fingerprint density at radius 2 is 2.17 bits per heavy atom. The van der Waals surface area contributed by atoms with Gasteiger partial charge in [-0.15, -0.1) is 10.2 Å². The first-order chi connectivity index (χ1) is 8.65. The van der Waals surface area contributed by atoms with Gasteiger partial charge in [0.15, 0.2) is 0 Å². The molecule has 0 aliphatic heterocycles. The van der Waals surface area contributed by atoms with E-state index in [1.54, 1.807) is 23.7 Å². The van der Waals surface area contributed by atoms with Crippen molar-refractivity contribution in [1.29, 1.82) is 0 Å². The molecule has 2 rings (SSSR count). The Morgan fingerprint density at radius 1 is 1.33 bits per heavy atom. The summed E-state index contributed by atoms with van der Waals surface area (Å²) in [6.07, 6.45) is 4.48. The molecular weight excluding hydrogens is 312 g/mol. The van der Waals surface area contributed by atoms with Gasteiger partial charge in [-0.3, -0.25) is 4.98 Å². The minimum absolute atomic E-state index is 0.506. The van der Waals surface area contributed by atoms with E-state index >= 15 is 0 Å². The van der Waals surface area contributed by atoms with Gasteiger partial charge in [0, 0.05) is 41.4 Å². The maximum absolute atomic E-state index is 4.21. The molecule has 0 saturated carbocycles. The fraction of sp³-hybridized carbons (Fsp3) is 0.417. The molecule has 0 saturated heterocycles. The Morgan fingerprint density at radius 3 is 2.89 bits per heavy atom. The summed E-state index contributed by atoms with van der Waals surface area (Å²) in [5.41, 5.74) is 1.00. The highest BCUT2D eigenvalue weighted by molar-refractivity contribution is 9.10. The van der Waals surface area contributed by atoms with Crippen molar-refractivity contribution < 1.29 is 0 Å². The number of pyridine rings is 1. The van der Waals surface area contributed by atoms with E-state index in [4.69, 9.17) is 0 Å². The van der Waals surface area contributed by atoms with Crippen LogP contribution >= 0.6 is 27.3 Å². The summed E-state index contributed by atoms with van der Waals surface area (Å²) in [6.45, 7) is 5.21. The predicted molar refractivity (Wildman–Crippen MR) is 77.7 cm³/mol. The van der Waals surface area contributed by atoms with Gasteiger partial charge in [0.25, 0.3) is 0 Å². The SMILES string of the molecule is CC(C)NCCc1nnc(-c2cncc(Br)c2)s1. The van der Waals surface area contributed by atoms with Gasteiger partial charge in [-0.2, -0.15) is 0 Å². The van der Waals surface area contributed by atoms with Crippen LogP contribution in [-0.4, -0.2) is 27.8 Å². The Balaban J connectivity index is 2.02. The molecule has 0 spiro atoms. The molecule has 0 aliphatic carbocycles. The Labute approximate surface area is 119 Å². The third kappa shape index (κ3) is 3.83. The summed E-state index contributed by atoms with van der Waals surface area (Å²) in [6, 6.07) is 2.51. The van der Waals surface area contributed by atoms with Gasteiger partial charge >= 0.3 is 0 Å². The molecule has 1 N–H and O–H groups in total. The molecule has 2 heterocycles. The number of hydrogen-bond donors (Lipinski definition) is 1. The minimum Gasteiger partial charge on any atom is -0.314 e. The molecule has 0 radical (unpaired) electrons. The maximum atomic E-state index is 4.21. The molecule has 96 valence electrons. The lowest BCUT2D eigenvalue weighted by Gasteiger charge is -2.05. The molecule has 0 fully saturated rings. The van der Waals surface area contributed by atoms with Gasteiger partial charge in [0.2, 0.25) is 0 Å². The molecule has 0 atom stereocenters. The third-order valence-electron chi connectivity index (χ3n) is 2.31. The average molecular weight is 327 g/mol. The number of halogens is 1. The van der Waals surface area contributed by atoms with E-state index in [0.717, 1.165) is 33.0 Å². The van der Waals surface area contributed by atoms with Crippen LogP contribution in [0.1, 0.15) is 18.9 Å². The van der Waals surface area contributed by atoms with Crippen LogP contribution in [0.15, 0.2) is 22.9 Å². The zero-order chi connectivity index (χ0) is 13.0. The van der Waals surface area contributed by atoms with Crippen molar-refractivity contribution in [3.05, 3.63) is 27.9 Å². The summed E-state index contributed by atoms with van der Waals surface area (Å²) in [5.74, 6) is 0. The standard InChI is InChI=1S/C12H15BrN4S/c1-8(2)15-4-3-11-16-17-12(18-11)9-5-10(13)7-14-6-9/h5-8,15H,3-4H2,1-2H3. The zero-order valence-electron chi connectivity index (χ0n) is 10.4. The average Bonchev–Trinajstić information content (AvgIpc) is 2.77. The number of aromatic nitrogens is 3. The fourth-order valence-corrected chi connectivity index (χ4v) is 2.65. The highest BCUT2D eigenvalue weighted by Gasteiger charge is 2.07. The van der Waals surface area contributed by atoms with E-state index in [1.807, 2.05) is 6.07 Å². The van der Waals surface area contributed by atoms with E-state index in [-0.39, 0.29) is 0 Å². The molecule has 0 amide bonds. The topological polar surface area (TPSA) is 50.7 Å². The highest BCUT2D eigenvalue weighted by atomic mass is 79.9. The normalized spacial score (nSPS) is 11.1. The summed E-state index contributed by atoms with van der Waals surface area (Å²) in [4.78, 5) is 4.13. The van der Waals surface area contributed by atoms with Crippen molar-refractivity contribution in [2.24, 2.45) is 0 Å². The molecule has 6 heteroatoms. The molecule has 0 bridgehead atoms. The fourth-order valence-electron chi connectivity index (χ4n) is 1.47. The van der Waals surface area contributed by atoms with E-state index in [9.17, 15) is 0 Å². The van der Waals surface area contributed by atoms with Crippen LogP contribution < -0.4 is 5.32 Å². The monoisotopic (exact) mass is 326 g/mol. The highest BCUT2D eigenvalue weighted by Crippen LogP contribution is 2.25. The Kier molecular flexibility index (Phi) is 4.79. The van der Waals surface area contributed by atoms with Crippen molar-refractivity contribution in [2.45, 2.75) is 26.3 Å². The summed E-state index contributed by atoms with van der Waals surface area (Å²) < 4.78 is 0.957. The quantitative estimate of drug-likeness (QED) is 0.917. The van der Waals surface area contributed by atoms with Crippen molar-refractivity contribution in [1.82, 2.24) is 20.5 Å². The first-order valence-electron chi connectivity index (χ1n) is 5.82. The number of rotatable bonds is 5. The zero-order valence-corrected chi connectivity index (χ0v) is 12.8. The number of nitrogens with one attached hydrogen (secondary N) is 1. The summed E-state index contributed by atoms with van der Waals surface area (Å²) >= 11 is 5.03. The van der Waals surface area contributed by atoms with Crippen LogP contribution in [0.5, 0.6) is 0 Å². The first-order valence-corrected chi connectivity index (χ1v) is 7.43. The van der Waals surface area contributed by atoms with E-state index in [2.05, 4.69) is 50.3 Å². The second kappa shape index (κ2) is 6.36. The number of nitrogens with zero attached hydrogens (tertiary/aromatic N) is 3. The van der Waals surface area contributed by atoms with Gasteiger partial charge in [0.1, 0.15) is 10.0 Å². The molecule has 0 aromatic carbocycles. The van der Waals surface area contributed by atoms with Crippen LogP contribution in [0.2, 0.25) is 0 Å². The summed E-state index contributed by atoms with van der Waals surface area (Å²) in [7, 11) is 0. The maximum Gasteiger partial charge on any atom is 0.149 e. The largest absolute Gasteiger partial charge is 0.314 e. The van der Waals surface area contributed by atoms with Crippen molar-refractivity contribution in [3.63, 3.8) is 0 Å². The van der Waals surface area contributed by atoms with Gasteiger partial charge in [-0.1, -0.05) is 25.2 Å². The van der Waals surface area contributed by atoms with E-state index < -0.39 is 0 Å². The van der Waals surface area contributed by atoms with Crippen LogP contribution in [0, 0.1) is 0 Å². The van der Waals surface area contributed by atoms with Gasteiger partial charge in [-0.05, 0) is 22.0 Å².